The molecule has 0 aromatic heterocycles. The molecule has 114 valence electrons. The topological polar surface area (TPSA) is 66.8 Å². The van der Waals surface area contributed by atoms with Crippen LogP contribution >= 0.6 is 0 Å². The molecule has 1 aromatic rings. The number of hydrogen-bond donors (Lipinski definition) is 1. The van der Waals surface area contributed by atoms with Gasteiger partial charge < -0.3 is 9.84 Å². The summed E-state index contributed by atoms with van der Waals surface area (Å²) in [5.41, 5.74) is 0. The van der Waals surface area contributed by atoms with Gasteiger partial charge in [-0.1, -0.05) is 0 Å². The third-order valence-corrected chi connectivity index (χ3v) is 4.82. The number of hydrogen-bond acceptors (Lipinski definition) is 4. The summed E-state index contributed by atoms with van der Waals surface area (Å²) in [4.78, 5) is -0.0968. The summed E-state index contributed by atoms with van der Waals surface area (Å²) < 4.78 is 43.9. The number of unbranched alkanes of at least 4 members (excludes halogenated alkanes) is 2. The Kier molecular flexibility index (Phi) is 6.38. The van der Waals surface area contributed by atoms with E-state index in [1.807, 2.05) is 0 Å². The first-order valence-corrected chi connectivity index (χ1v) is 7.78. The SMILES string of the molecule is COc1ccc(S(=O)(=O)N(C)CCCCCO)cc1F. The second-order valence-corrected chi connectivity index (χ2v) is 6.45. The van der Waals surface area contributed by atoms with Gasteiger partial charge in [0.1, 0.15) is 0 Å². The summed E-state index contributed by atoms with van der Waals surface area (Å²) in [5.74, 6) is -0.697. The Morgan fingerprint density at radius 2 is 2.00 bits per heavy atom. The minimum atomic E-state index is -3.70. The van der Waals surface area contributed by atoms with Gasteiger partial charge in [-0.2, -0.15) is 0 Å². The minimum Gasteiger partial charge on any atom is -0.494 e. The Hall–Kier alpha value is -1.18. The largest absolute Gasteiger partial charge is 0.494 e. The number of sulfonamides is 1. The van der Waals surface area contributed by atoms with Crippen molar-refractivity contribution in [2.24, 2.45) is 0 Å². The monoisotopic (exact) mass is 305 g/mol. The zero-order valence-electron chi connectivity index (χ0n) is 11.7. The van der Waals surface area contributed by atoms with Gasteiger partial charge in [-0.3, -0.25) is 0 Å². The van der Waals surface area contributed by atoms with Crippen LogP contribution in [0.5, 0.6) is 5.75 Å². The number of methoxy groups -OCH3 is 1. The lowest BCUT2D eigenvalue weighted by atomic mass is 10.2. The Morgan fingerprint density at radius 1 is 1.30 bits per heavy atom. The second kappa shape index (κ2) is 7.56. The molecule has 1 aromatic carbocycles. The maximum atomic E-state index is 13.6. The molecule has 0 spiro atoms. The van der Waals surface area contributed by atoms with Crippen LogP contribution in [0.25, 0.3) is 0 Å². The molecule has 0 heterocycles. The fourth-order valence-corrected chi connectivity index (χ4v) is 2.95. The van der Waals surface area contributed by atoms with E-state index in [1.54, 1.807) is 0 Å². The van der Waals surface area contributed by atoms with Gasteiger partial charge in [0.15, 0.2) is 11.6 Å². The predicted molar refractivity (Wildman–Crippen MR) is 73.7 cm³/mol. The van der Waals surface area contributed by atoms with E-state index in [1.165, 1.54) is 30.6 Å². The Labute approximate surface area is 119 Å². The van der Waals surface area contributed by atoms with Gasteiger partial charge in [0, 0.05) is 20.2 Å². The van der Waals surface area contributed by atoms with Crippen LogP contribution in [0.1, 0.15) is 19.3 Å². The van der Waals surface area contributed by atoms with Crippen LogP contribution in [0.2, 0.25) is 0 Å². The van der Waals surface area contributed by atoms with Gasteiger partial charge in [0.2, 0.25) is 10.0 Å². The summed E-state index contributed by atoms with van der Waals surface area (Å²) in [6, 6.07) is 3.57. The highest BCUT2D eigenvalue weighted by atomic mass is 32.2. The molecule has 0 saturated carbocycles. The summed E-state index contributed by atoms with van der Waals surface area (Å²) >= 11 is 0. The highest BCUT2D eigenvalue weighted by Crippen LogP contribution is 2.22. The van der Waals surface area contributed by atoms with Crippen molar-refractivity contribution >= 4 is 10.0 Å². The predicted octanol–water partition coefficient (Wildman–Crippen LogP) is 1.62. The normalized spacial score (nSPS) is 11.8. The van der Waals surface area contributed by atoms with Gasteiger partial charge in [0.25, 0.3) is 0 Å². The number of benzene rings is 1. The van der Waals surface area contributed by atoms with Crippen molar-refractivity contribution in [2.45, 2.75) is 24.2 Å². The molecule has 0 fully saturated rings. The Morgan fingerprint density at radius 3 is 2.55 bits per heavy atom. The number of aliphatic hydroxyl groups is 1. The Balaban J connectivity index is 2.79. The average molecular weight is 305 g/mol. The summed E-state index contributed by atoms with van der Waals surface area (Å²) in [7, 11) is -0.924. The molecular formula is C13H20FNO4S. The van der Waals surface area contributed by atoms with Crippen molar-refractivity contribution in [2.75, 3.05) is 27.3 Å². The number of halogens is 1. The van der Waals surface area contributed by atoms with E-state index in [0.29, 0.717) is 19.4 Å². The lowest BCUT2D eigenvalue weighted by Gasteiger charge is -2.17. The first-order valence-electron chi connectivity index (χ1n) is 6.34. The molecule has 0 radical (unpaired) electrons. The smallest absolute Gasteiger partial charge is 0.242 e. The van der Waals surface area contributed by atoms with E-state index in [2.05, 4.69) is 0 Å². The van der Waals surface area contributed by atoms with Gasteiger partial charge >= 0.3 is 0 Å². The molecule has 0 aliphatic rings. The van der Waals surface area contributed by atoms with Crippen molar-refractivity contribution in [3.63, 3.8) is 0 Å². The maximum Gasteiger partial charge on any atom is 0.242 e. The summed E-state index contributed by atoms with van der Waals surface area (Å²) in [6.45, 7) is 0.427. The second-order valence-electron chi connectivity index (χ2n) is 4.41. The van der Waals surface area contributed by atoms with Crippen LogP contribution in [0.3, 0.4) is 0 Å². The third kappa shape index (κ3) is 4.16. The van der Waals surface area contributed by atoms with Crippen molar-refractivity contribution in [1.29, 1.82) is 0 Å². The van der Waals surface area contributed by atoms with Crippen molar-refractivity contribution < 1.29 is 22.7 Å². The van der Waals surface area contributed by atoms with Gasteiger partial charge in [0.05, 0.1) is 12.0 Å². The molecule has 1 rings (SSSR count). The fourth-order valence-electron chi connectivity index (χ4n) is 1.73. The van der Waals surface area contributed by atoms with E-state index in [-0.39, 0.29) is 17.3 Å². The van der Waals surface area contributed by atoms with Crippen LogP contribution in [-0.4, -0.2) is 45.1 Å². The Bertz CT molecular complexity index is 533. The van der Waals surface area contributed by atoms with Gasteiger partial charge in [-0.15, -0.1) is 0 Å². The maximum absolute atomic E-state index is 13.6. The molecule has 20 heavy (non-hydrogen) atoms. The van der Waals surface area contributed by atoms with Crippen LogP contribution in [0, 0.1) is 5.82 Å². The van der Waals surface area contributed by atoms with Crippen molar-refractivity contribution in [1.82, 2.24) is 4.31 Å². The van der Waals surface area contributed by atoms with E-state index >= 15 is 0 Å². The highest BCUT2D eigenvalue weighted by Gasteiger charge is 2.21. The molecule has 0 aliphatic carbocycles. The molecule has 0 aliphatic heterocycles. The van der Waals surface area contributed by atoms with E-state index in [4.69, 9.17) is 9.84 Å². The van der Waals surface area contributed by atoms with Crippen molar-refractivity contribution in [3.8, 4) is 5.75 Å². The summed E-state index contributed by atoms with van der Waals surface area (Å²) in [5, 5.41) is 8.66. The van der Waals surface area contributed by atoms with Gasteiger partial charge in [-0.25, -0.2) is 17.1 Å². The van der Waals surface area contributed by atoms with E-state index in [9.17, 15) is 12.8 Å². The zero-order valence-corrected chi connectivity index (χ0v) is 12.5. The number of nitrogens with zero attached hydrogens (tertiary/aromatic N) is 1. The number of ether oxygens (including phenoxy) is 1. The number of aliphatic hydroxyl groups excluding tert-OH is 1. The molecule has 1 N–H and O–H groups in total. The van der Waals surface area contributed by atoms with Gasteiger partial charge in [-0.05, 0) is 37.5 Å². The standard InChI is InChI=1S/C13H20FNO4S/c1-15(8-4-3-5-9-16)20(17,18)11-6-7-13(19-2)12(14)10-11/h6-7,10,16H,3-5,8-9H2,1-2H3. The lowest BCUT2D eigenvalue weighted by molar-refractivity contribution is 0.281. The third-order valence-electron chi connectivity index (χ3n) is 2.96. The zero-order chi connectivity index (χ0) is 15.2. The first kappa shape index (κ1) is 16.9. The van der Waals surface area contributed by atoms with Crippen LogP contribution in [0.15, 0.2) is 23.1 Å². The molecule has 0 saturated heterocycles. The van der Waals surface area contributed by atoms with Crippen LogP contribution < -0.4 is 4.74 Å². The average Bonchev–Trinajstić information content (AvgIpc) is 2.43. The molecule has 0 bridgehead atoms. The molecule has 0 atom stereocenters. The fraction of sp³-hybridized carbons (Fsp3) is 0.538. The quantitative estimate of drug-likeness (QED) is 0.741. The highest BCUT2D eigenvalue weighted by molar-refractivity contribution is 7.89. The molecule has 0 amide bonds. The van der Waals surface area contributed by atoms with E-state index in [0.717, 1.165) is 12.5 Å². The minimum absolute atomic E-state index is 0.00884. The van der Waals surface area contributed by atoms with Crippen LogP contribution in [-0.2, 0) is 10.0 Å². The molecular weight excluding hydrogens is 285 g/mol. The molecule has 5 nitrogen and oxygen atoms in total. The van der Waals surface area contributed by atoms with Crippen molar-refractivity contribution in [3.05, 3.63) is 24.0 Å². The summed E-state index contributed by atoms with van der Waals surface area (Å²) in [6.07, 6.45) is 2.04. The number of rotatable bonds is 8. The lowest BCUT2D eigenvalue weighted by Crippen LogP contribution is -2.28. The molecule has 7 heteroatoms. The first-order chi connectivity index (χ1) is 9.43. The molecule has 0 unspecified atom stereocenters. The van der Waals surface area contributed by atoms with E-state index < -0.39 is 15.8 Å². The van der Waals surface area contributed by atoms with Crippen LogP contribution in [0.4, 0.5) is 4.39 Å².